The van der Waals surface area contributed by atoms with E-state index in [1.807, 2.05) is 0 Å². The fourth-order valence-corrected chi connectivity index (χ4v) is 3.48. The Hall–Kier alpha value is -0.830. The first kappa shape index (κ1) is 14.6. The molecule has 0 saturated heterocycles. The highest BCUT2D eigenvalue weighted by atomic mass is 35.5. The molecule has 2 rings (SSSR count). The molecule has 102 valence electrons. The zero-order valence-corrected chi connectivity index (χ0v) is 13.5. The largest absolute Gasteiger partial charge is 0.306 e. The summed E-state index contributed by atoms with van der Waals surface area (Å²) in [7, 11) is 0. The average Bonchev–Trinajstić information content (AvgIpc) is 2.70. The van der Waals surface area contributed by atoms with Gasteiger partial charge >= 0.3 is 0 Å². The van der Waals surface area contributed by atoms with Gasteiger partial charge in [0.25, 0.3) is 0 Å². The molecule has 1 N–H and O–H groups in total. The van der Waals surface area contributed by atoms with Gasteiger partial charge in [0, 0.05) is 4.88 Å². The molecule has 1 nitrogen and oxygen atoms in total. The molecule has 0 fully saturated rings. The Kier molecular flexibility index (Phi) is 4.67. The fraction of sp³-hybridized carbons (Fsp3) is 0.375. The van der Waals surface area contributed by atoms with E-state index >= 15 is 0 Å². The minimum absolute atomic E-state index is 0.237. The highest BCUT2D eigenvalue weighted by molar-refractivity contribution is 7.16. The summed E-state index contributed by atoms with van der Waals surface area (Å²) >= 11 is 7.88. The first-order valence-corrected chi connectivity index (χ1v) is 7.78. The normalized spacial score (nSPS) is 12.7. The van der Waals surface area contributed by atoms with Crippen molar-refractivity contribution in [3.8, 4) is 0 Å². The summed E-state index contributed by atoms with van der Waals surface area (Å²) < 4.78 is 0.890. The third-order valence-electron chi connectivity index (χ3n) is 3.43. The van der Waals surface area contributed by atoms with E-state index in [0.717, 1.165) is 16.4 Å². The second-order valence-electron chi connectivity index (χ2n) is 4.94. The van der Waals surface area contributed by atoms with E-state index in [1.54, 1.807) is 11.3 Å². The Morgan fingerprint density at radius 3 is 2.37 bits per heavy atom. The molecule has 1 heterocycles. The first-order valence-electron chi connectivity index (χ1n) is 6.59. The summed E-state index contributed by atoms with van der Waals surface area (Å²) in [4.78, 5) is 1.28. The Bertz CT molecular complexity index is 555. The van der Waals surface area contributed by atoms with Gasteiger partial charge in [-0.05, 0) is 55.6 Å². The number of rotatable bonds is 4. The molecule has 0 spiro atoms. The lowest BCUT2D eigenvalue weighted by atomic mass is 10.00. The van der Waals surface area contributed by atoms with Crippen LogP contribution in [0, 0.1) is 20.8 Å². The van der Waals surface area contributed by atoms with Crippen LogP contribution in [0.5, 0.6) is 0 Å². The maximum absolute atomic E-state index is 6.21. The summed E-state index contributed by atoms with van der Waals surface area (Å²) in [5.74, 6) is 0. The van der Waals surface area contributed by atoms with Gasteiger partial charge < -0.3 is 5.32 Å². The number of hydrogen-bond acceptors (Lipinski definition) is 2. The molecule has 0 saturated carbocycles. The van der Waals surface area contributed by atoms with Gasteiger partial charge in [-0.25, -0.2) is 0 Å². The molecule has 1 aromatic carbocycles. The Labute approximate surface area is 124 Å². The van der Waals surface area contributed by atoms with Crippen molar-refractivity contribution in [2.45, 2.75) is 33.7 Å². The lowest BCUT2D eigenvalue weighted by Crippen LogP contribution is -2.21. The smallest absolute Gasteiger partial charge is 0.0961 e. The van der Waals surface area contributed by atoms with Crippen LogP contribution in [-0.4, -0.2) is 6.54 Å². The van der Waals surface area contributed by atoms with Crippen LogP contribution in [0.4, 0.5) is 0 Å². The van der Waals surface area contributed by atoms with E-state index in [2.05, 4.69) is 57.3 Å². The number of halogens is 1. The topological polar surface area (TPSA) is 12.0 Å². The van der Waals surface area contributed by atoms with Crippen LogP contribution in [0.25, 0.3) is 0 Å². The second-order valence-corrected chi connectivity index (χ2v) is 6.63. The third kappa shape index (κ3) is 3.19. The van der Waals surface area contributed by atoms with Crippen LogP contribution in [0.15, 0.2) is 24.3 Å². The summed E-state index contributed by atoms with van der Waals surface area (Å²) in [5, 5.41) is 3.55. The van der Waals surface area contributed by atoms with E-state index in [1.165, 1.54) is 21.6 Å². The maximum atomic E-state index is 6.21. The zero-order valence-electron chi connectivity index (χ0n) is 11.9. The highest BCUT2D eigenvalue weighted by Crippen LogP contribution is 2.34. The lowest BCUT2D eigenvalue weighted by Gasteiger charge is -2.18. The van der Waals surface area contributed by atoms with Crippen LogP contribution in [-0.2, 0) is 0 Å². The van der Waals surface area contributed by atoms with Gasteiger partial charge in [-0.1, -0.05) is 36.7 Å². The quantitative estimate of drug-likeness (QED) is 0.834. The molecule has 1 unspecified atom stereocenters. The van der Waals surface area contributed by atoms with Crippen molar-refractivity contribution < 1.29 is 0 Å². The van der Waals surface area contributed by atoms with Gasteiger partial charge in [-0.3, -0.25) is 0 Å². The van der Waals surface area contributed by atoms with Crippen LogP contribution in [0.3, 0.4) is 0 Å². The number of hydrogen-bond donors (Lipinski definition) is 1. The van der Waals surface area contributed by atoms with Crippen molar-refractivity contribution in [1.82, 2.24) is 5.32 Å². The van der Waals surface area contributed by atoms with Crippen LogP contribution in [0.2, 0.25) is 4.34 Å². The van der Waals surface area contributed by atoms with Gasteiger partial charge in [0.2, 0.25) is 0 Å². The Morgan fingerprint density at radius 2 is 1.84 bits per heavy atom. The molecule has 0 bridgehead atoms. The van der Waals surface area contributed by atoms with Gasteiger partial charge in [-0.2, -0.15) is 0 Å². The molecule has 2 aromatic rings. The summed E-state index contributed by atoms with van der Waals surface area (Å²) in [6, 6.07) is 9.09. The van der Waals surface area contributed by atoms with Crippen LogP contribution in [0.1, 0.15) is 40.1 Å². The minimum Gasteiger partial charge on any atom is -0.306 e. The standard InChI is InChI=1S/C16H20ClNS/c1-5-18-15(14-9-12(4)16(17)19-14)13-7-6-10(2)11(3)8-13/h6-9,15,18H,5H2,1-4H3. The summed E-state index contributed by atoms with van der Waals surface area (Å²) in [5.41, 5.74) is 5.13. The third-order valence-corrected chi connectivity index (χ3v) is 5.05. The fourth-order valence-electron chi connectivity index (χ4n) is 2.16. The Morgan fingerprint density at radius 1 is 1.11 bits per heavy atom. The van der Waals surface area contributed by atoms with E-state index in [4.69, 9.17) is 11.6 Å². The predicted molar refractivity (Wildman–Crippen MR) is 85.5 cm³/mol. The lowest BCUT2D eigenvalue weighted by molar-refractivity contribution is 0.639. The number of thiophene rings is 1. The summed E-state index contributed by atoms with van der Waals surface area (Å²) in [6.45, 7) is 9.44. The molecule has 0 aliphatic heterocycles. The van der Waals surface area contributed by atoms with E-state index in [9.17, 15) is 0 Å². The predicted octanol–water partition coefficient (Wildman–Crippen LogP) is 5.03. The monoisotopic (exact) mass is 293 g/mol. The van der Waals surface area contributed by atoms with Crippen molar-refractivity contribution in [1.29, 1.82) is 0 Å². The number of nitrogens with one attached hydrogen (secondary N) is 1. The van der Waals surface area contributed by atoms with E-state index < -0.39 is 0 Å². The molecule has 3 heteroatoms. The van der Waals surface area contributed by atoms with E-state index in [0.29, 0.717) is 0 Å². The van der Waals surface area contributed by atoms with Crippen molar-refractivity contribution in [3.05, 3.63) is 55.7 Å². The van der Waals surface area contributed by atoms with Crippen molar-refractivity contribution in [3.63, 3.8) is 0 Å². The van der Waals surface area contributed by atoms with Gasteiger partial charge in [0.1, 0.15) is 0 Å². The maximum Gasteiger partial charge on any atom is 0.0961 e. The van der Waals surface area contributed by atoms with Gasteiger partial charge in [-0.15, -0.1) is 11.3 Å². The first-order chi connectivity index (χ1) is 9.02. The molecular formula is C16H20ClNS. The Balaban J connectivity index is 2.41. The highest BCUT2D eigenvalue weighted by Gasteiger charge is 2.17. The van der Waals surface area contributed by atoms with Crippen molar-refractivity contribution >= 4 is 22.9 Å². The van der Waals surface area contributed by atoms with Gasteiger partial charge in [0.05, 0.1) is 10.4 Å². The van der Waals surface area contributed by atoms with Gasteiger partial charge in [0.15, 0.2) is 0 Å². The number of benzene rings is 1. The minimum atomic E-state index is 0.237. The molecule has 19 heavy (non-hydrogen) atoms. The second kappa shape index (κ2) is 6.08. The molecule has 0 aliphatic rings. The zero-order chi connectivity index (χ0) is 14.0. The molecule has 0 aliphatic carbocycles. The van der Waals surface area contributed by atoms with Crippen LogP contribution >= 0.6 is 22.9 Å². The molecule has 0 amide bonds. The number of aryl methyl sites for hydroxylation is 3. The average molecular weight is 294 g/mol. The SMILES string of the molecule is CCNC(c1ccc(C)c(C)c1)c1cc(C)c(Cl)s1. The molecular weight excluding hydrogens is 274 g/mol. The van der Waals surface area contributed by atoms with E-state index in [-0.39, 0.29) is 6.04 Å². The molecule has 1 aromatic heterocycles. The molecule has 1 atom stereocenters. The van der Waals surface area contributed by atoms with Crippen molar-refractivity contribution in [2.75, 3.05) is 6.54 Å². The summed E-state index contributed by atoms with van der Waals surface area (Å²) in [6.07, 6.45) is 0. The molecule has 0 radical (unpaired) electrons. The van der Waals surface area contributed by atoms with Crippen molar-refractivity contribution in [2.24, 2.45) is 0 Å². The van der Waals surface area contributed by atoms with Crippen LogP contribution < -0.4 is 5.32 Å².